The van der Waals surface area contributed by atoms with Gasteiger partial charge in [-0.1, -0.05) is 72.8 Å². The summed E-state index contributed by atoms with van der Waals surface area (Å²) in [5.41, 5.74) is 4.14. The van der Waals surface area contributed by atoms with E-state index >= 15 is 0 Å². The molecule has 0 amide bonds. The van der Waals surface area contributed by atoms with Crippen LogP contribution in [0.5, 0.6) is 0 Å². The fraction of sp³-hybridized carbons (Fsp3) is 0.200. The number of para-hydroxylation sites is 1. The monoisotopic (exact) mass is 381 g/mol. The molecule has 3 aromatic carbocycles. The summed E-state index contributed by atoms with van der Waals surface area (Å²) in [5, 5.41) is 5.96. The third-order valence-corrected chi connectivity index (χ3v) is 5.33. The van der Waals surface area contributed by atoms with Crippen LogP contribution in [0, 0.1) is 0 Å². The lowest BCUT2D eigenvalue weighted by Crippen LogP contribution is -2.18. The zero-order chi connectivity index (χ0) is 19.5. The number of nitrogens with zero attached hydrogens (tertiary/aromatic N) is 3. The van der Waals surface area contributed by atoms with Gasteiger partial charge in [0.15, 0.2) is 12.0 Å². The summed E-state index contributed by atoms with van der Waals surface area (Å²) in [6, 6.07) is 28.9. The quantitative estimate of drug-likeness (QED) is 0.413. The molecule has 0 bridgehead atoms. The van der Waals surface area contributed by atoms with Crippen molar-refractivity contribution in [2.45, 2.75) is 25.5 Å². The first-order valence-corrected chi connectivity index (χ1v) is 10.2. The second kappa shape index (κ2) is 8.02. The Morgan fingerprint density at radius 2 is 1.48 bits per heavy atom. The van der Waals surface area contributed by atoms with E-state index in [4.69, 9.17) is 14.8 Å². The number of benzene rings is 3. The molecule has 0 spiro atoms. The third-order valence-electron chi connectivity index (χ3n) is 5.33. The molecular formula is C25H23N3O. The van der Waals surface area contributed by atoms with Crippen LogP contribution in [0.15, 0.2) is 89.9 Å². The zero-order valence-corrected chi connectivity index (χ0v) is 16.2. The summed E-state index contributed by atoms with van der Waals surface area (Å²) in [5.74, 6) is 0.734. The van der Waals surface area contributed by atoms with Crippen molar-refractivity contribution < 1.29 is 4.74 Å². The highest BCUT2D eigenvalue weighted by Gasteiger charge is 2.21. The predicted octanol–water partition coefficient (Wildman–Crippen LogP) is 5.90. The van der Waals surface area contributed by atoms with Gasteiger partial charge in [-0.25, -0.2) is 9.67 Å². The number of hydrogen-bond acceptors (Lipinski definition) is 3. The molecule has 0 saturated carbocycles. The summed E-state index contributed by atoms with van der Waals surface area (Å²) >= 11 is 0. The predicted molar refractivity (Wildman–Crippen MR) is 117 cm³/mol. The minimum absolute atomic E-state index is 0.0190. The fourth-order valence-electron chi connectivity index (χ4n) is 3.88. The second-order valence-electron chi connectivity index (χ2n) is 7.30. The fourth-order valence-corrected chi connectivity index (χ4v) is 3.88. The smallest absolute Gasteiger partial charge is 0.182 e. The second-order valence-corrected chi connectivity index (χ2v) is 7.30. The van der Waals surface area contributed by atoms with Crippen molar-refractivity contribution in [1.82, 2.24) is 9.78 Å². The zero-order valence-electron chi connectivity index (χ0n) is 16.2. The van der Waals surface area contributed by atoms with Crippen LogP contribution in [0.1, 0.15) is 36.6 Å². The highest BCUT2D eigenvalue weighted by molar-refractivity contribution is 6.14. The average Bonchev–Trinajstić information content (AvgIpc) is 3.18. The largest absolute Gasteiger partial charge is 0.356 e. The van der Waals surface area contributed by atoms with Crippen LogP contribution in [0.3, 0.4) is 0 Å². The van der Waals surface area contributed by atoms with Crippen LogP contribution < -0.4 is 0 Å². The van der Waals surface area contributed by atoms with E-state index in [0.29, 0.717) is 0 Å². The van der Waals surface area contributed by atoms with Gasteiger partial charge in [-0.2, -0.15) is 0 Å². The Balaban J connectivity index is 1.68. The molecule has 4 aromatic rings. The van der Waals surface area contributed by atoms with Gasteiger partial charge in [0.2, 0.25) is 0 Å². The van der Waals surface area contributed by atoms with Crippen molar-refractivity contribution >= 4 is 22.4 Å². The Morgan fingerprint density at radius 1 is 0.828 bits per heavy atom. The van der Waals surface area contributed by atoms with E-state index in [-0.39, 0.29) is 6.23 Å². The molecule has 1 fully saturated rings. The summed E-state index contributed by atoms with van der Waals surface area (Å²) < 4.78 is 8.03. The first kappa shape index (κ1) is 17.8. The maximum atomic E-state index is 6.01. The van der Waals surface area contributed by atoms with E-state index in [1.165, 1.54) is 0 Å². The van der Waals surface area contributed by atoms with Crippen molar-refractivity contribution in [2.75, 3.05) is 6.61 Å². The van der Waals surface area contributed by atoms with Crippen LogP contribution in [-0.4, -0.2) is 22.1 Å². The van der Waals surface area contributed by atoms with Crippen LogP contribution >= 0.6 is 0 Å². The van der Waals surface area contributed by atoms with Gasteiger partial charge < -0.3 is 4.74 Å². The molecule has 4 nitrogen and oxygen atoms in total. The number of rotatable bonds is 4. The minimum atomic E-state index is -0.0190. The summed E-state index contributed by atoms with van der Waals surface area (Å²) in [6.07, 6.45) is 3.25. The maximum absolute atomic E-state index is 6.01. The molecule has 4 heteroatoms. The summed E-state index contributed by atoms with van der Waals surface area (Å²) in [4.78, 5) is 5.07. The number of ether oxygens (including phenoxy) is 1. The Bertz CT molecular complexity index is 1090. The van der Waals surface area contributed by atoms with Gasteiger partial charge >= 0.3 is 0 Å². The van der Waals surface area contributed by atoms with Crippen molar-refractivity contribution in [3.63, 3.8) is 0 Å². The molecular weight excluding hydrogens is 358 g/mol. The molecule has 5 rings (SSSR count). The molecule has 0 aliphatic carbocycles. The molecule has 0 N–H and O–H groups in total. The highest BCUT2D eigenvalue weighted by Crippen LogP contribution is 2.32. The standard InChI is InChI=1S/C25H23N3O/c1-3-11-19(12-4-1)24(20-13-5-2-6-14-20)26-25-21-15-7-8-16-22(21)28(27-25)23-17-9-10-18-29-23/h1-8,11-16,23H,9-10,17-18H2. The number of aliphatic imine (C=N–C) groups is 1. The van der Waals surface area contributed by atoms with Gasteiger partial charge in [-0.05, 0) is 31.4 Å². The molecule has 1 saturated heterocycles. The first-order valence-electron chi connectivity index (χ1n) is 10.2. The molecule has 1 atom stereocenters. The highest BCUT2D eigenvalue weighted by atomic mass is 16.5. The minimum Gasteiger partial charge on any atom is -0.356 e. The summed E-state index contributed by atoms with van der Waals surface area (Å²) in [6.45, 7) is 0.788. The summed E-state index contributed by atoms with van der Waals surface area (Å²) in [7, 11) is 0. The average molecular weight is 381 g/mol. The van der Waals surface area contributed by atoms with E-state index < -0.39 is 0 Å². The number of hydrogen-bond donors (Lipinski definition) is 0. The Hall–Kier alpha value is -3.24. The third kappa shape index (κ3) is 3.59. The van der Waals surface area contributed by atoms with E-state index in [1.54, 1.807) is 0 Å². The Kier molecular flexibility index (Phi) is 4.93. The van der Waals surface area contributed by atoms with Gasteiger partial charge in [0.1, 0.15) is 0 Å². The Morgan fingerprint density at radius 3 is 2.14 bits per heavy atom. The van der Waals surface area contributed by atoms with Crippen LogP contribution in [0.4, 0.5) is 5.82 Å². The molecule has 29 heavy (non-hydrogen) atoms. The molecule has 2 heterocycles. The number of fused-ring (bicyclic) bond motifs is 1. The van der Waals surface area contributed by atoms with Crippen LogP contribution in [0.25, 0.3) is 10.9 Å². The van der Waals surface area contributed by atoms with Crippen molar-refractivity contribution in [2.24, 2.45) is 4.99 Å². The van der Waals surface area contributed by atoms with Gasteiger partial charge in [0.25, 0.3) is 0 Å². The lowest BCUT2D eigenvalue weighted by Gasteiger charge is -2.23. The van der Waals surface area contributed by atoms with E-state index in [1.807, 2.05) is 53.2 Å². The molecule has 1 unspecified atom stereocenters. The van der Waals surface area contributed by atoms with Gasteiger partial charge in [-0.3, -0.25) is 0 Å². The Labute approximate surface area is 170 Å². The molecule has 1 aliphatic rings. The lowest BCUT2D eigenvalue weighted by atomic mass is 10.0. The van der Waals surface area contributed by atoms with Gasteiger partial charge in [0.05, 0.1) is 11.2 Å². The van der Waals surface area contributed by atoms with E-state index in [0.717, 1.165) is 59.4 Å². The molecule has 1 aromatic heterocycles. The normalized spacial score (nSPS) is 16.6. The van der Waals surface area contributed by atoms with Crippen molar-refractivity contribution in [3.05, 3.63) is 96.1 Å². The molecule has 144 valence electrons. The van der Waals surface area contributed by atoms with Crippen molar-refractivity contribution in [1.29, 1.82) is 0 Å². The lowest BCUT2D eigenvalue weighted by molar-refractivity contribution is -0.0365. The van der Waals surface area contributed by atoms with Crippen LogP contribution in [-0.2, 0) is 4.74 Å². The maximum Gasteiger partial charge on any atom is 0.182 e. The first-order chi connectivity index (χ1) is 14.4. The van der Waals surface area contributed by atoms with Gasteiger partial charge in [-0.15, -0.1) is 5.10 Å². The molecule has 1 aliphatic heterocycles. The SMILES string of the molecule is c1ccc(C(=Nc2nn(C3CCCCO3)c3ccccc23)c2ccccc2)cc1. The van der Waals surface area contributed by atoms with Crippen LogP contribution in [0.2, 0.25) is 0 Å². The van der Waals surface area contributed by atoms with Crippen molar-refractivity contribution in [3.8, 4) is 0 Å². The number of aromatic nitrogens is 2. The van der Waals surface area contributed by atoms with E-state index in [9.17, 15) is 0 Å². The van der Waals surface area contributed by atoms with Gasteiger partial charge in [0, 0.05) is 23.1 Å². The topological polar surface area (TPSA) is 39.4 Å². The van der Waals surface area contributed by atoms with E-state index in [2.05, 4.69) is 36.4 Å². The molecule has 0 radical (unpaired) electrons.